The molecule has 0 saturated carbocycles. The van der Waals surface area contributed by atoms with Gasteiger partial charge in [-0.3, -0.25) is 10.1 Å². The molecule has 1 aromatic carbocycles. The number of methoxy groups -OCH3 is 3. The number of rotatable bonds is 10. The minimum Gasteiger partial charge on any atom is -0.496 e. The molecule has 146 valence electrons. The molecule has 1 aromatic rings. The summed E-state index contributed by atoms with van der Waals surface area (Å²) in [6.07, 6.45) is 4.18. The zero-order valence-corrected chi connectivity index (χ0v) is 17.2. The van der Waals surface area contributed by atoms with Crippen LogP contribution in [-0.4, -0.2) is 50.3 Å². The maximum absolute atomic E-state index is 12.8. The van der Waals surface area contributed by atoms with E-state index in [1.807, 2.05) is 4.90 Å². The number of unbranched alkanes of at least 4 members (excludes halogenated alkanes) is 2. The van der Waals surface area contributed by atoms with Crippen LogP contribution in [0.1, 0.15) is 49.9 Å². The number of carbonyl (C=O) groups is 1. The van der Waals surface area contributed by atoms with Crippen molar-refractivity contribution < 1.29 is 19.0 Å². The van der Waals surface area contributed by atoms with Crippen molar-refractivity contribution in [2.24, 2.45) is 0 Å². The van der Waals surface area contributed by atoms with Crippen LogP contribution in [0.3, 0.4) is 0 Å². The van der Waals surface area contributed by atoms with E-state index in [-0.39, 0.29) is 5.91 Å². The zero-order valence-electron chi connectivity index (χ0n) is 16.4. The molecule has 0 atom stereocenters. The number of benzene rings is 1. The summed E-state index contributed by atoms with van der Waals surface area (Å²) in [7, 11) is 4.54. The van der Waals surface area contributed by atoms with Crippen LogP contribution in [0.4, 0.5) is 0 Å². The second-order valence-electron chi connectivity index (χ2n) is 5.86. The van der Waals surface area contributed by atoms with Crippen molar-refractivity contribution >= 4 is 23.2 Å². The van der Waals surface area contributed by atoms with Crippen molar-refractivity contribution in [2.45, 2.75) is 39.5 Å². The third kappa shape index (κ3) is 6.05. The van der Waals surface area contributed by atoms with E-state index in [2.05, 4.69) is 19.2 Å². The first kappa shape index (κ1) is 22.0. The van der Waals surface area contributed by atoms with Gasteiger partial charge in [0.05, 0.1) is 21.3 Å². The number of amides is 1. The zero-order chi connectivity index (χ0) is 19.5. The lowest BCUT2D eigenvalue weighted by atomic mass is 10.1. The second kappa shape index (κ2) is 11.6. The minimum atomic E-state index is -0.357. The molecular formula is C19H30N2O4S. The van der Waals surface area contributed by atoms with Crippen LogP contribution in [0.5, 0.6) is 17.2 Å². The van der Waals surface area contributed by atoms with Crippen molar-refractivity contribution in [2.75, 3.05) is 34.4 Å². The first-order chi connectivity index (χ1) is 12.5. The highest BCUT2D eigenvalue weighted by atomic mass is 32.1. The molecule has 1 amide bonds. The van der Waals surface area contributed by atoms with Gasteiger partial charge in [0, 0.05) is 25.2 Å². The van der Waals surface area contributed by atoms with Crippen LogP contribution in [0, 0.1) is 0 Å². The molecular weight excluding hydrogens is 352 g/mol. The lowest BCUT2D eigenvalue weighted by Crippen LogP contribution is -2.43. The first-order valence-electron chi connectivity index (χ1n) is 8.92. The Bertz CT molecular complexity index is 574. The molecule has 0 spiro atoms. The third-order valence-corrected chi connectivity index (χ3v) is 4.37. The second-order valence-corrected chi connectivity index (χ2v) is 6.25. The number of nitrogens with zero attached hydrogens (tertiary/aromatic N) is 1. The fraction of sp³-hybridized carbons (Fsp3) is 0.579. The molecule has 0 bridgehead atoms. The summed E-state index contributed by atoms with van der Waals surface area (Å²) in [5, 5.41) is 3.25. The van der Waals surface area contributed by atoms with Crippen molar-refractivity contribution in [1.82, 2.24) is 10.2 Å². The number of nitrogens with one attached hydrogen (secondary N) is 1. The van der Waals surface area contributed by atoms with Gasteiger partial charge in [-0.2, -0.15) is 0 Å². The molecule has 0 radical (unpaired) electrons. The maximum Gasteiger partial charge on any atom is 0.264 e. The van der Waals surface area contributed by atoms with Crippen LogP contribution in [0.15, 0.2) is 12.1 Å². The van der Waals surface area contributed by atoms with Gasteiger partial charge >= 0.3 is 0 Å². The summed E-state index contributed by atoms with van der Waals surface area (Å²) < 4.78 is 15.9. The predicted octanol–water partition coefficient (Wildman–Crippen LogP) is 3.63. The Morgan fingerprint density at radius 1 is 1.00 bits per heavy atom. The molecule has 6 nitrogen and oxygen atoms in total. The summed E-state index contributed by atoms with van der Waals surface area (Å²) in [6, 6.07) is 3.29. The van der Waals surface area contributed by atoms with Crippen molar-refractivity contribution in [3.63, 3.8) is 0 Å². The smallest absolute Gasteiger partial charge is 0.264 e. The number of hydrogen-bond acceptors (Lipinski definition) is 5. The van der Waals surface area contributed by atoms with Gasteiger partial charge in [0.25, 0.3) is 5.91 Å². The van der Waals surface area contributed by atoms with E-state index in [1.165, 1.54) is 14.2 Å². The Labute approximate surface area is 161 Å². The Morgan fingerprint density at radius 3 is 1.88 bits per heavy atom. The third-order valence-electron chi connectivity index (χ3n) is 4.01. The predicted molar refractivity (Wildman–Crippen MR) is 108 cm³/mol. The van der Waals surface area contributed by atoms with Crippen LogP contribution in [0.25, 0.3) is 0 Å². The SMILES string of the molecule is CCCCN(CCCC)C(=S)NC(=O)c1c(OC)cc(OC)cc1OC. The van der Waals surface area contributed by atoms with Crippen LogP contribution in [-0.2, 0) is 0 Å². The standard InChI is InChI=1S/C19H30N2O4S/c1-6-8-10-21(11-9-7-2)19(26)20-18(22)17-15(24-4)12-14(23-3)13-16(17)25-5/h12-13H,6-11H2,1-5H3,(H,20,22,26). The molecule has 26 heavy (non-hydrogen) atoms. The highest BCUT2D eigenvalue weighted by molar-refractivity contribution is 7.80. The van der Waals surface area contributed by atoms with Crippen molar-refractivity contribution in [3.05, 3.63) is 17.7 Å². The maximum atomic E-state index is 12.8. The molecule has 0 saturated heterocycles. The molecule has 0 heterocycles. The van der Waals surface area contributed by atoms with Crippen LogP contribution >= 0.6 is 12.2 Å². The highest BCUT2D eigenvalue weighted by Crippen LogP contribution is 2.33. The van der Waals surface area contributed by atoms with Gasteiger partial charge in [-0.05, 0) is 25.1 Å². The Balaban J connectivity index is 3.02. The minimum absolute atomic E-state index is 0.295. The summed E-state index contributed by atoms with van der Waals surface area (Å²) in [4.78, 5) is 14.9. The van der Waals surface area contributed by atoms with E-state index in [1.54, 1.807) is 19.2 Å². The summed E-state index contributed by atoms with van der Waals surface area (Å²) in [5.41, 5.74) is 0.295. The molecule has 0 aliphatic heterocycles. The fourth-order valence-electron chi connectivity index (χ4n) is 2.48. The average Bonchev–Trinajstić information content (AvgIpc) is 2.66. The average molecular weight is 383 g/mol. The van der Waals surface area contributed by atoms with E-state index in [4.69, 9.17) is 26.4 Å². The molecule has 1 rings (SSSR count). The summed E-state index contributed by atoms with van der Waals surface area (Å²) in [5.74, 6) is 0.931. The lowest BCUT2D eigenvalue weighted by Gasteiger charge is -2.25. The van der Waals surface area contributed by atoms with E-state index in [0.717, 1.165) is 38.8 Å². The molecule has 1 N–H and O–H groups in total. The highest BCUT2D eigenvalue weighted by Gasteiger charge is 2.22. The molecule has 7 heteroatoms. The molecule has 0 aromatic heterocycles. The van der Waals surface area contributed by atoms with Crippen molar-refractivity contribution in [3.8, 4) is 17.2 Å². The molecule has 0 aliphatic carbocycles. The molecule has 0 aliphatic rings. The van der Waals surface area contributed by atoms with Gasteiger partial charge in [-0.1, -0.05) is 26.7 Å². The quantitative estimate of drug-likeness (QED) is 0.624. The summed E-state index contributed by atoms with van der Waals surface area (Å²) in [6.45, 7) is 5.92. The summed E-state index contributed by atoms with van der Waals surface area (Å²) >= 11 is 5.47. The Morgan fingerprint density at radius 2 is 1.50 bits per heavy atom. The van der Waals surface area contributed by atoms with E-state index in [0.29, 0.717) is 27.9 Å². The normalized spacial score (nSPS) is 10.2. The number of hydrogen-bond donors (Lipinski definition) is 1. The van der Waals surface area contributed by atoms with Crippen LogP contribution < -0.4 is 19.5 Å². The van der Waals surface area contributed by atoms with E-state index >= 15 is 0 Å². The van der Waals surface area contributed by atoms with Gasteiger partial charge in [0.1, 0.15) is 22.8 Å². The van der Waals surface area contributed by atoms with Gasteiger partial charge in [-0.15, -0.1) is 0 Å². The Hall–Kier alpha value is -2.02. The van der Waals surface area contributed by atoms with Gasteiger partial charge in [0.15, 0.2) is 5.11 Å². The monoisotopic (exact) mass is 382 g/mol. The van der Waals surface area contributed by atoms with Gasteiger partial charge < -0.3 is 19.1 Å². The molecule has 0 fully saturated rings. The van der Waals surface area contributed by atoms with Crippen molar-refractivity contribution in [1.29, 1.82) is 0 Å². The molecule has 0 unspecified atom stereocenters. The lowest BCUT2D eigenvalue weighted by molar-refractivity contribution is 0.0967. The van der Waals surface area contributed by atoms with Crippen LogP contribution in [0.2, 0.25) is 0 Å². The largest absolute Gasteiger partial charge is 0.496 e. The first-order valence-corrected chi connectivity index (χ1v) is 9.33. The van der Waals surface area contributed by atoms with E-state index < -0.39 is 0 Å². The number of ether oxygens (including phenoxy) is 3. The van der Waals surface area contributed by atoms with Gasteiger partial charge in [-0.25, -0.2) is 0 Å². The number of carbonyl (C=O) groups excluding carboxylic acids is 1. The van der Waals surface area contributed by atoms with Gasteiger partial charge in [0.2, 0.25) is 0 Å². The fourth-order valence-corrected chi connectivity index (χ4v) is 2.76. The topological polar surface area (TPSA) is 60.0 Å². The number of thiocarbonyl (C=S) groups is 1. The van der Waals surface area contributed by atoms with E-state index in [9.17, 15) is 4.79 Å². The Kier molecular flexibility index (Phi) is 9.80.